The average molecular weight is 267 g/mol. The molecule has 0 unspecified atom stereocenters. The van der Waals surface area contributed by atoms with E-state index in [4.69, 9.17) is 23.2 Å². The van der Waals surface area contributed by atoms with Gasteiger partial charge in [0, 0.05) is 29.3 Å². The molecule has 17 heavy (non-hydrogen) atoms. The van der Waals surface area contributed by atoms with Crippen LogP contribution in [0.2, 0.25) is 10.0 Å². The fraction of sp³-hybridized carbons (Fsp3) is 0.154. The van der Waals surface area contributed by atoms with Gasteiger partial charge in [-0.1, -0.05) is 29.3 Å². The van der Waals surface area contributed by atoms with Crippen molar-refractivity contribution < 1.29 is 0 Å². The maximum absolute atomic E-state index is 6.06. The minimum atomic E-state index is 0.677. The molecule has 0 fully saturated rings. The van der Waals surface area contributed by atoms with Crippen molar-refractivity contribution in [3.8, 4) is 0 Å². The number of hydrogen-bond donors (Lipinski definition) is 1. The van der Waals surface area contributed by atoms with Crippen LogP contribution in [0.1, 0.15) is 11.3 Å². The lowest BCUT2D eigenvalue weighted by Gasteiger charge is -2.06. The molecule has 0 aliphatic heterocycles. The minimum Gasteiger partial charge on any atom is -0.307 e. The van der Waals surface area contributed by atoms with Gasteiger partial charge in [0.15, 0.2) is 0 Å². The van der Waals surface area contributed by atoms with Gasteiger partial charge in [-0.15, -0.1) is 0 Å². The molecular weight excluding hydrogens is 255 g/mol. The van der Waals surface area contributed by atoms with E-state index in [-0.39, 0.29) is 0 Å². The fourth-order valence-corrected chi connectivity index (χ4v) is 1.89. The SMILES string of the molecule is Clc1ccc(Cl)c(CNCc2ccccn2)c1. The largest absolute Gasteiger partial charge is 0.307 e. The number of nitrogens with one attached hydrogen (secondary N) is 1. The second kappa shape index (κ2) is 6.01. The highest BCUT2D eigenvalue weighted by Gasteiger charge is 2.01. The van der Waals surface area contributed by atoms with E-state index in [0.29, 0.717) is 18.1 Å². The van der Waals surface area contributed by atoms with Gasteiger partial charge in [0.25, 0.3) is 0 Å². The van der Waals surface area contributed by atoms with Crippen LogP contribution in [-0.4, -0.2) is 4.98 Å². The lowest BCUT2D eigenvalue weighted by molar-refractivity contribution is 0.680. The number of rotatable bonds is 4. The van der Waals surface area contributed by atoms with Gasteiger partial charge in [-0.3, -0.25) is 4.98 Å². The zero-order valence-electron chi connectivity index (χ0n) is 9.16. The van der Waals surface area contributed by atoms with E-state index in [0.717, 1.165) is 16.3 Å². The summed E-state index contributed by atoms with van der Waals surface area (Å²) in [6.07, 6.45) is 1.78. The van der Waals surface area contributed by atoms with Gasteiger partial charge in [0.05, 0.1) is 5.69 Å². The number of nitrogens with zero attached hydrogens (tertiary/aromatic N) is 1. The fourth-order valence-electron chi connectivity index (χ4n) is 1.51. The summed E-state index contributed by atoms with van der Waals surface area (Å²) >= 11 is 12.0. The average Bonchev–Trinajstić information content (AvgIpc) is 2.35. The van der Waals surface area contributed by atoms with Crippen LogP contribution in [0, 0.1) is 0 Å². The van der Waals surface area contributed by atoms with Crippen molar-refractivity contribution in [1.29, 1.82) is 0 Å². The van der Waals surface area contributed by atoms with E-state index in [1.807, 2.05) is 30.3 Å². The molecule has 0 saturated carbocycles. The van der Waals surface area contributed by atoms with Crippen molar-refractivity contribution in [3.63, 3.8) is 0 Å². The highest BCUT2D eigenvalue weighted by molar-refractivity contribution is 6.33. The number of pyridine rings is 1. The van der Waals surface area contributed by atoms with Crippen molar-refractivity contribution in [2.45, 2.75) is 13.1 Å². The third kappa shape index (κ3) is 3.70. The molecule has 0 saturated heterocycles. The predicted molar refractivity (Wildman–Crippen MR) is 71.2 cm³/mol. The number of aromatic nitrogens is 1. The predicted octanol–water partition coefficient (Wildman–Crippen LogP) is 3.68. The van der Waals surface area contributed by atoms with Gasteiger partial charge in [-0.25, -0.2) is 0 Å². The third-order valence-corrected chi connectivity index (χ3v) is 2.96. The zero-order valence-corrected chi connectivity index (χ0v) is 10.7. The Morgan fingerprint density at radius 2 is 1.94 bits per heavy atom. The van der Waals surface area contributed by atoms with Crippen molar-refractivity contribution in [3.05, 3.63) is 63.9 Å². The molecule has 0 atom stereocenters. The van der Waals surface area contributed by atoms with Crippen LogP contribution in [0.3, 0.4) is 0 Å². The maximum atomic E-state index is 6.06. The van der Waals surface area contributed by atoms with Crippen LogP contribution in [0.25, 0.3) is 0 Å². The molecule has 1 aromatic carbocycles. The second-order valence-corrected chi connectivity index (χ2v) is 4.50. The molecule has 2 rings (SSSR count). The first kappa shape index (κ1) is 12.4. The van der Waals surface area contributed by atoms with E-state index >= 15 is 0 Å². The normalized spacial score (nSPS) is 10.5. The second-order valence-electron chi connectivity index (χ2n) is 3.66. The zero-order chi connectivity index (χ0) is 12.1. The van der Waals surface area contributed by atoms with Crippen LogP contribution >= 0.6 is 23.2 Å². The Morgan fingerprint density at radius 1 is 1.06 bits per heavy atom. The summed E-state index contributed by atoms with van der Waals surface area (Å²) in [4.78, 5) is 4.23. The molecule has 88 valence electrons. The Bertz CT molecular complexity index is 486. The molecule has 0 spiro atoms. The van der Waals surface area contributed by atoms with Crippen LogP contribution in [0.4, 0.5) is 0 Å². The molecule has 2 aromatic rings. The molecule has 0 amide bonds. The number of hydrogen-bond acceptors (Lipinski definition) is 2. The summed E-state index contributed by atoms with van der Waals surface area (Å²) in [5, 5.41) is 4.70. The molecule has 2 nitrogen and oxygen atoms in total. The maximum Gasteiger partial charge on any atom is 0.0541 e. The van der Waals surface area contributed by atoms with Gasteiger partial charge >= 0.3 is 0 Å². The van der Waals surface area contributed by atoms with Crippen LogP contribution in [0.15, 0.2) is 42.6 Å². The standard InChI is InChI=1S/C13H12Cl2N2/c14-11-4-5-13(15)10(7-11)8-16-9-12-3-1-2-6-17-12/h1-7,16H,8-9H2. The van der Waals surface area contributed by atoms with Crippen molar-refractivity contribution in [2.75, 3.05) is 0 Å². The third-order valence-electron chi connectivity index (χ3n) is 2.36. The highest BCUT2D eigenvalue weighted by Crippen LogP contribution is 2.20. The van der Waals surface area contributed by atoms with Crippen molar-refractivity contribution in [2.24, 2.45) is 0 Å². The Kier molecular flexibility index (Phi) is 4.37. The molecule has 1 heterocycles. The molecule has 0 radical (unpaired) electrons. The van der Waals surface area contributed by atoms with E-state index in [2.05, 4.69) is 10.3 Å². The Balaban J connectivity index is 1.92. The number of halogens is 2. The van der Waals surface area contributed by atoms with Gasteiger partial charge in [-0.05, 0) is 35.9 Å². The van der Waals surface area contributed by atoms with Crippen LogP contribution in [-0.2, 0) is 13.1 Å². The Labute approximate surface area is 111 Å². The molecule has 0 bridgehead atoms. The lowest BCUT2D eigenvalue weighted by Crippen LogP contribution is -2.13. The van der Waals surface area contributed by atoms with E-state index in [1.54, 1.807) is 12.3 Å². The van der Waals surface area contributed by atoms with E-state index in [9.17, 15) is 0 Å². The summed E-state index contributed by atoms with van der Waals surface area (Å²) in [6.45, 7) is 1.39. The smallest absolute Gasteiger partial charge is 0.0541 e. The topological polar surface area (TPSA) is 24.9 Å². The van der Waals surface area contributed by atoms with Crippen molar-refractivity contribution in [1.82, 2.24) is 10.3 Å². The van der Waals surface area contributed by atoms with Gasteiger partial charge in [0.1, 0.15) is 0 Å². The summed E-state index contributed by atoms with van der Waals surface area (Å²) in [5.74, 6) is 0. The quantitative estimate of drug-likeness (QED) is 0.914. The molecule has 1 aromatic heterocycles. The first-order valence-electron chi connectivity index (χ1n) is 5.30. The summed E-state index contributed by atoms with van der Waals surface area (Å²) in [7, 11) is 0. The van der Waals surface area contributed by atoms with E-state index in [1.165, 1.54) is 0 Å². The molecule has 0 aliphatic carbocycles. The van der Waals surface area contributed by atoms with Crippen LogP contribution in [0.5, 0.6) is 0 Å². The minimum absolute atomic E-state index is 0.677. The summed E-state index contributed by atoms with van der Waals surface area (Å²) in [5.41, 5.74) is 2.00. The van der Waals surface area contributed by atoms with Crippen LogP contribution < -0.4 is 5.32 Å². The number of benzene rings is 1. The Hall–Kier alpha value is -1.09. The molecule has 4 heteroatoms. The van der Waals surface area contributed by atoms with Crippen molar-refractivity contribution >= 4 is 23.2 Å². The summed E-state index contributed by atoms with van der Waals surface area (Å²) in [6, 6.07) is 11.3. The first-order chi connectivity index (χ1) is 8.25. The molecular formula is C13H12Cl2N2. The Morgan fingerprint density at radius 3 is 2.71 bits per heavy atom. The molecule has 0 aliphatic rings. The van der Waals surface area contributed by atoms with Gasteiger partial charge in [-0.2, -0.15) is 0 Å². The molecule has 1 N–H and O–H groups in total. The van der Waals surface area contributed by atoms with Gasteiger partial charge in [0.2, 0.25) is 0 Å². The summed E-state index contributed by atoms with van der Waals surface area (Å²) < 4.78 is 0. The monoisotopic (exact) mass is 266 g/mol. The highest BCUT2D eigenvalue weighted by atomic mass is 35.5. The van der Waals surface area contributed by atoms with Gasteiger partial charge < -0.3 is 5.32 Å². The first-order valence-corrected chi connectivity index (χ1v) is 6.06. The van der Waals surface area contributed by atoms with E-state index < -0.39 is 0 Å². The lowest BCUT2D eigenvalue weighted by atomic mass is 10.2.